The summed E-state index contributed by atoms with van der Waals surface area (Å²) in [5.74, 6) is -1.81. The number of halogens is 3. The van der Waals surface area contributed by atoms with Crippen LogP contribution in [0.25, 0.3) is 0 Å². The first-order valence-electron chi connectivity index (χ1n) is 5.46. The Hall–Kier alpha value is -1.20. The lowest BCUT2D eigenvalue weighted by atomic mass is 10.1. The Morgan fingerprint density at radius 3 is 2.44 bits per heavy atom. The van der Waals surface area contributed by atoms with Crippen LogP contribution in [-0.2, 0) is 11.2 Å². The normalized spacial score (nSPS) is 11.6. The molecule has 0 radical (unpaired) electrons. The van der Waals surface area contributed by atoms with E-state index in [4.69, 9.17) is 5.73 Å². The number of hydrogen-bond donors (Lipinski definition) is 2. The number of hydrogen-bond acceptors (Lipinski definition) is 2. The van der Waals surface area contributed by atoms with E-state index in [0.29, 0.717) is 13.0 Å². The highest BCUT2D eigenvalue weighted by molar-refractivity contribution is 5.85. The molecular formula is C12H17ClF2N2O. The van der Waals surface area contributed by atoms with Crippen LogP contribution in [0.3, 0.4) is 0 Å². The van der Waals surface area contributed by atoms with Gasteiger partial charge in [-0.05, 0) is 25.5 Å². The Morgan fingerprint density at radius 1 is 1.39 bits per heavy atom. The molecule has 0 aliphatic carbocycles. The van der Waals surface area contributed by atoms with Crippen LogP contribution in [-0.4, -0.2) is 18.5 Å². The van der Waals surface area contributed by atoms with Gasteiger partial charge in [-0.15, -0.1) is 12.4 Å². The third-order valence-corrected chi connectivity index (χ3v) is 2.32. The molecule has 0 saturated heterocycles. The first-order chi connectivity index (χ1) is 8.00. The van der Waals surface area contributed by atoms with Crippen LogP contribution in [0, 0.1) is 11.6 Å². The zero-order chi connectivity index (χ0) is 12.8. The van der Waals surface area contributed by atoms with Gasteiger partial charge in [-0.3, -0.25) is 4.79 Å². The number of nitrogens with one attached hydrogen (secondary N) is 1. The number of benzene rings is 1. The molecule has 0 aromatic heterocycles. The summed E-state index contributed by atoms with van der Waals surface area (Å²) in [5.41, 5.74) is 5.31. The van der Waals surface area contributed by atoms with Crippen LogP contribution < -0.4 is 11.1 Å². The predicted octanol–water partition coefficient (Wildman–Crippen LogP) is 1.78. The quantitative estimate of drug-likeness (QED) is 0.863. The van der Waals surface area contributed by atoms with Crippen molar-refractivity contribution in [1.82, 2.24) is 5.32 Å². The van der Waals surface area contributed by atoms with Gasteiger partial charge in [0.1, 0.15) is 11.6 Å². The van der Waals surface area contributed by atoms with E-state index in [-0.39, 0.29) is 30.4 Å². The molecule has 0 aliphatic heterocycles. The van der Waals surface area contributed by atoms with Crippen LogP contribution in [0.1, 0.15) is 18.9 Å². The van der Waals surface area contributed by atoms with Crippen molar-refractivity contribution in [3.8, 4) is 0 Å². The van der Waals surface area contributed by atoms with Gasteiger partial charge in [0.25, 0.3) is 0 Å². The zero-order valence-electron chi connectivity index (χ0n) is 10.1. The molecule has 102 valence electrons. The molecule has 3 N–H and O–H groups in total. The molecule has 6 heteroatoms. The summed E-state index contributed by atoms with van der Waals surface area (Å²) in [4.78, 5) is 11.4. The molecule has 0 aliphatic rings. The van der Waals surface area contributed by atoms with Gasteiger partial charge >= 0.3 is 0 Å². The maximum Gasteiger partial charge on any atom is 0.224 e. The highest BCUT2D eigenvalue weighted by Crippen LogP contribution is 2.12. The zero-order valence-corrected chi connectivity index (χ0v) is 10.9. The Labute approximate surface area is 111 Å². The van der Waals surface area contributed by atoms with Gasteiger partial charge < -0.3 is 11.1 Å². The van der Waals surface area contributed by atoms with E-state index in [1.807, 2.05) is 6.92 Å². The smallest absolute Gasteiger partial charge is 0.224 e. The van der Waals surface area contributed by atoms with E-state index >= 15 is 0 Å². The molecule has 0 bridgehead atoms. The van der Waals surface area contributed by atoms with Crippen molar-refractivity contribution in [3.05, 3.63) is 35.4 Å². The SMILES string of the molecule is CC(N)CCNC(=O)Cc1c(F)cccc1F.Cl. The van der Waals surface area contributed by atoms with Crippen LogP contribution >= 0.6 is 12.4 Å². The number of nitrogens with two attached hydrogens (primary N) is 1. The largest absolute Gasteiger partial charge is 0.356 e. The summed E-state index contributed by atoms with van der Waals surface area (Å²) in [5, 5.41) is 2.56. The second kappa shape index (κ2) is 8.00. The van der Waals surface area contributed by atoms with Gasteiger partial charge in [-0.1, -0.05) is 6.07 Å². The molecule has 1 aromatic rings. The van der Waals surface area contributed by atoms with E-state index in [9.17, 15) is 13.6 Å². The highest BCUT2D eigenvalue weighted by atomic mass is 35.5. The lowest BCUT2D eigenvalue weighted by Gasteiger charge is -2.08. The first kappa shape index (κ1) is 16.8. The van der Waals surface area contributed by atoms with Crippen molar-refractivity contribution in [2.75, 3.05) is 6.54 Å². The second-order valence-electron chi connectivity index (χ2n) is 3.99. The monoisotopic (exact) mass is 278 g/mol. The highest BCUT2D eigenvalue weighted by Gasteiger charge is 2.12. The second-order valence-corrected chi connectivity index (χ2v) is 3.99. The van der Waals surface area contributed by atoms with Gasteiger partial charge in [0.15, 0.2) is 0 Å². The summed E-state index contributed by atoms with van der Waals surface area (Å²) in [6.45, 7) is 2.23. The van der Waals surface area contributed by atoms with Gasteiger partial charge in [0, 0.05) is 18.2 Å². The van der Waals surface area contributed by atoms with Crippen LogP contribution in [0.2, 0.25) is 0 Å². The molecule has 1 atom stereocenters. The molecule has 1 unspecified atom stereocenters. The van der Waals surface area contributed by atoms with Gasteiger partial charge in [0.2, 0.25) is 5.91 Å². The molecule has 3 nitrogen and oxygen atoms in total. The molecular weight excluding hydrogens is 262 g/mol. The molecule has 0 saturated carbocycles. The summed E-state index contributed by atoms with van der Waals surface area (Å²) in [6.07, 6.45) is 0.336. The third kappa shape index (κ3) is 5.42. The molecule has 0 spiro atoms. The van der Waals surface area contributed by atoms with E-state index < -0.39 is 17.5 Å². The Kier molecular flexibility index (Phi) is 7.47. The maximum atomic E-state index is 13.2. The van der Waals surface area contributed by atoms with Crippen LogP contribution in [0.4, 0.5) is 8.78 Å². The molecule has 1 amide bonds. The van der Waals surface area contributed by atoms with Gasteiger partial charge in [0.05, 0.1) is 6.42 Å². The maximum absolute atomic E-state index is 13.2. The van der Waals surface area contributed by atoms with Crippen molar-refractivity contribution >= 4 is 18.3 Å². The standard InChI is InChI=1S/C12H16F2N2O.ClH/c1-8(15)5-6-16-12(17)7-9-10(13)3-2-4-11(9)14;/h2-4,8H,5-7,15H2,1H3,(H,16,17);1H. The van der Waals surface area contributed by atoms with E-state index in [1.165, 1.54) is 6.07 Å². The number of amides is 1. The lowest BCUT2D eigenvalue weighted by Crippen LogP contribution is -2.30. The number of carbonyl (C=O) groups is 1. The fourth-order valence-corrected chi connectivity index (χ4v) is 1.36. The molecule has 0 heterocycles. The van der Waals surface area contributed by atoms with E-state index in [0.717, 1.165) is 12.1 Å². The Bertz CT molecular complexity index is 379. The summed E-state index contributed by atoms with van der Waals surface area (Å²) in [6, 6.07) is 3.52. The summed E-state index contributed by atoms with van der Waals surface area (Å²) in [7, 11) is 0. The van der Waals surface area contributed by atoms with E-state index in [1.54, 1.807) is 0 Å². The van der Waals surface area contributed by atoms with Crippen LogP contribution in [0.15, 0.2) is 18.2 Å². The number of rotatable bonds is 5. The lowest BCUT2D eigenvalue weighted by molar-refractivity contribution is -0.120. The number of carbonyl (C=O) groups excluding carboxylic acids is 1. The summed E-state index contributed by atoms with van der Waals surface area (Å²) < 4.78 is 26.4. The van der Waals surface area contributed by atoms with Gasteiger partial charge in [-0.25, -0.2) is 8.78 Å². The first-order valence-corrected chi connectivity index (χ1v) is 5.46. The average molecular weight is 279 g/mol. The van der Waals surface area contributed by atoms with Crippen molar-refractivity contribution in [3.63, 3.8) is 0 Å². The van der Waals surface area contributed by atoms with Gasteiger partial charge in [-0.2, -0.15) is 0 Å². The van der Waals surface area contributed by atoms with Crippen molar-refractivity contribution in [2.24, 2.45) is 5.73 Å². The van der Waals surface area contributed by atoms with Crippen molar-refractivity contribution < 1.29 is 13.6 Å². The Morgan fingerprint density at radius 2 is 1.94 bits per heavy atom. The molecule has 1 rings (SSSR count). The molecule has 1 aromatic carbocycles. The van der Waals surface area contributed by atoms with E-state index in [2.05, 4.69) is 5.32 Å². The molecule has 0 fully saturated rings. The minimum atomic E-state index is -0.702. The van der Waals surface area contributed by atoms with Crippen LogP contribution in [0.5, 0.6) is 0 Å². The average Bonchev–Trinajstić information content (AvgIpc) is 2.23. The van der Waals surface area contributed by atoms with Crippen molar-refractivity contribution in [2.45, 2.75) is 25.8 Å². The third-order valence-electron chi connectivity index (χ3n) is 2.32. The minimum Gasteiger partial charge on any atom is -0.356 e. The minimum absolute atomic E-state index is 0. The van der Waals surface area contributed by atoms with Crippen molar-refractivity contribution in [1.29, 1.82) is 0 Å². The Balaban J connectivity index is 0.00000289. The fourth-order valence-electron chi connectivity index (χ4n) is 1.36. The summed E-state index contributed by atoms with van der Waals surface area (Å²) >= 11 is 0. The fraction of sp³-hybridized carbons (Fsp3) is 0.417. The predicted molar refractivity (Wildman–Crippen MR) is 68.6 cm³/mol. The molecule has 18 heavy (non-hydrogen) atoms. The topological polar surface area (TPSA) is 55.1 Å².